The summed E-state index contributed by atoms with van der Waals surface area (Å²) in [7, 11) is 0. The van der Waals surface area contributed by atoms with Crippen LogP contribution >= 0.6 is 0 Å². The van der Waals surface area contributed by atoms with Crippen LogP contribution in [0.4, 0.5) is 23.7 Å². The Hall–Kier alpha value is -2.74. The first-order valence-corrected chi connectivity index (χ1v) is 9.87. The van der Waals surface area contributed by atoms with E-state index in [0.29, 0.717) is 38.0 Å². The Labute approximate surface area is 172 Å². The number of amides is 2. The highest BCUT2D eigenvalue weighted by Gasteiger charge is 2.44. The molecule has 2 aliphatic heterocycles. The van der Waals surface area contributed by atoms with Crippen LogP contribution in [-0.2, 0) is 6.18 Å². The Morgan fingerprint density at radius 2 is 1.83 bits per heavy atom. The molecule has 1 fully saturated rings. The first-order valence-electron chi connectivity index (χ1n) is 9.87. The lowest BCUT2D eigenvalue weighted by molar-refractivity contribution is -0.137. The molecule has 1 unspecified atom stereocenters. The smallest absolute Gasteiger partial charge is 0.416 e. The van der Waals surface area contributed by atoms with E-state index in [1.54, 1.807) is 4.90 Å². The summed E-state index contributed by atoms with van der Waals surface area (Å²) < 4.78 is 44.3. The lowest BCUT2D eigenvalue weighted by atomic mass is 9.81. The van der Waals surface area contributed by atoms with E-state index in [4.69, 9.17) is 4.74 Å². The number of fused-ring (bicyclic) bond motifs is 1. The summed E-state index contributed by atoms with van der Waals surface area (Å²) in [6, 6.07) is 9.71. The first kappa shape index (κ1) is 20.5. The van der Waals surface area contributed by atoms with Gasteiger partial charge in [0.25, 0.3) is 0 Å². The number of carbonyl (C=O) groups is 1. The predicted molar refractivity (Wildman–Crippen MR) is 105 cm³/mol. The van der Waals surface area contributed by atoms with Crippen molar-refractivity contribution in [2.45, 2.75) is 44.1 Å². The van der Waals surface area contributed by atoms with Gasteiger partial charge in [0, 0.05) is 43.6 Å². The molecule has 2 amide bonds. The molecular weight excluding hydrogens is 397 g/mol. The lowest BCUT2D eigenvalue weighted by Crippen LogP contribution is -2.52. The van der Waals surface area contributed by atoms with Gasteiger partial charge in [0.15, 0.2) is 0 Å². The predicted octanol–water partition coefficient (Wildman–Crippen LogP) is 4.90. The second kappa shape index (κ2) is 7.50. The topological polar surface area (TPSA) is 61.8 Å². The van der Waals surface area contributed by atoms with Crippen molar-refractivity contribution in [3.63, 3.8) is 0 Å². The third-order valence-electron chi connectivity index (χ3n) is 5.91. The van der Waals surface area contributed by atoms with Crippen LogP contribution in [-0.4, -0.2) is 34.7 Å². The molecule has 0 aliphatic carbocycles. The van der Waals surface area contributed by atoms with Crippen LogP contribution in [0.15, 0.2) is 42.5 Å². The number of ether oxygens (including phenoxy) is 1. The van der Waals surface area contributed by atoms with E-state index in [1.807, 2.05) is 25.1 Å². The SMILES string of the molecule is Cc1cccc2c1OC1(CCN(C(=O)Nc3ccc(C(F)(F)F)cc3)CC1)CC2O. The number of hydrogen-bond donors (Lipinski definition) is 2. The quantitative estimate of drug-likeness (QED) is 0.690. The average molecular weight is 420 g/mol. The maximum atomic E-state index is 12.7. The summed E-state index contributed by atoms with van der Waals surface area (Å²) in [5.74, 6) is 0.721. The zero-order chi connectivity index (χ0) is 21.5. The lowest BCUT2D eigenvalue weighted by Gasteiger charge is -2.46. The van der Waals surface area contributed by atoms with Crippen LogP contribution in [0.25, 0.3) is 0 Å². The molecule has 30 heavy (non-hydrogen) atoms. The highest BCUT2D eigenvalue weighted by atomic mass is 19.4. The molecule has 2 heterocycles. The molecule has 0 aromatic heterocycles. The van der Waals surface area contributed by atoms with Crippen molar-refractivity contribution in [3.05, 3.63) is 59.2 Å². The molecule has 2 N–H and O–H groups in total. The molecule has 5 nitrogen and oxygen atoms in total. The van der Waals surface area contributed by atoms with Crippen LogP contribution < -0.4 is 10.1 Å². The molecule has 1 saturated heterocycles. The van der Waals surface area contributed by atoms with Crippen LogP contribution in [0.3, 0.4) is 0 Å². The van der Waals surface area contributed by atoms with Crippen molar-refractivity contribution < 1.29 is 27.8 Å². The summed E-state index contributed by atoms with van der Waals surface area (Å²) in [5, 5.41) is 13.2. The van der Waals surface area contributed by atoms with E-state index in [2.05, 4.69) is 5.32 Å². The van der Waals surface area contributed by atoms with Crippen LogP contribution in [0.2, 0.25) is 0 Å². The van der Waals surface area contributed by atoms with E-state index in [-0.39, 0.29) is 6.03 Å². The van der Waals surface area contributed by atoms with E-state index >= 15 is 0 Å². The third kappa shape index (κ3) is 3.96. The standard InChI is InChI=1S/C22H23F3N2O3/c1-14-3-2-4-17-18(28)13-21(30-19(14)17)9-11-27(12-10-21)20(29)26-16-7-5-15(6-8-16)22(23,24)25/h2-8,18,28H,9-13H2,1H3,(H,26,29). The summed E-state index contributed by atoms with van der Waals surface area (Å²) in [5.41, 5.74) is 0.784. The highest BCUT2D eigenvalue weighted by molar-refractivity contribution is 5.89. The number of nitrogens with one attached hydrogen (secondary N) is 1. The van der Waals surface area contributed by atoms with Crippen molar-refractivity contribution in [3.8, 4) is 5.75 Å². The molecule has 1 spiro atoms. The normalized spacial score (nSPS) is 20.4. The maximum absolute atomic E-state index is 12.7. The molecule has 0 radical (unpaired) electrons. The number of rotatable bonds is 1. The van der Waals surface area contributed by atoms with Crippen molar-refractivity contribution >= 4 is 11.7 Å². The number of nitrogens with zero attached hydrogens (tertiary/aromatic N) is 1. The zero-order valence-electron chi connectivity index (χ0n) is 16.5. The number of halogens is 3. The van der Waals surface area contributed by atoms with Crippen molar-refractivity contribution in [2.75, 3.05) is 18.4 Å². The van der Waals surface area contributed by atoms with Gasteiger partial charge in [-0.15, -0.1) is 0 Å². The molecule has 1 atom stereocenters. The number of piperidine rings is 1. The molecule has 4 rings (SSSR count). The summed E-state index contributed by atoms with van der Waals surface area (Å²) in [4.78, 5) is 14.2. The molecule has 0 saturated carbocycles. The average Bonchev–Trinajstić information content (AvgIpc) is 2.69. The summed E-state index contributed by atoms with van der Waals surface area (Å²) >= 11 is 0. The number of anilines is 1. The Bertz CT molecular complexity index is 936. The second-order valence-corrected chi connectivity index (χ2v) is 7.99. The van der Waals surface area contributed by atoms with Gasteiger partial charge in [-0.2, -0.15) is 13.2 Å². The first-order chi connectivity index (χ1) is 14.2. The molecule has 0 bridgehead atoms. The number of hydrogen-bond acceptors (Lipinski definition) is 3. The number of aliphatic hydroxyl groups excluding tert-OH is 1. The van der Waals surface area contributed by atoms with Crippen molar-refractivity contribution in [2.24, 2.45) is 0 Å². The van der Waals surface area contributed by atoms with Gasteiger partial charge in [-0.25, -0.2) is 4.79 Å². The van der Waals surface area contributed by atoms with E-state index in [9.17, 15) is 23.1 Å². The van der Waals surface area contributed by atoms with Crippen molar-refractivity contribution in [1.29, 1.82) is 0 Å². The fraction of sp³-hybridized carbons (Fsp3) is 0.409. The van der Waals surface area contributed by atoms with Gasteiger partial charge in [-0.1, -0.05) is 18.2 Å². The Kier molecular flexibility index (Phi) is 5.13. The minimum atomic E-state index is -4.41. The zero-order valence-corrected chi connectivity index (χ0v) is 16.5. The fourth-order valence-corrected chi connectivity index (χ4v) is 4.17. The summed E-state index contributed by atoms with van der Waals surface area (Å²) in [6.45, 7) is 2.80. The Morgan fingerprint density at radius 3 is 2.47 bits per heavy atom. The van der Waals surface area contributed by atoms with Gasteiger partial charge in [-0.3, -0.25) is 0 Å². The number of para-hydroxylation sites is 1. The second-order valence-electron chi connectivity index (χ2n) is 7.99. The van der Waals surface area contributed by atoms with Gasteiger partial charge in [0.1, 0.15) is 11.4 Å². The van der Waals surface area contributed by atoms with Crippen LogP contribution in [0.5, 0.6) is 5.75 Å². The fourth-order valence-electron chi connectivity index (χ4n) is 4.17. The molecule has 8 heteroatoms. The molecule has 160 valence electrons. The minimum Gasteiger partial charge on any atom is -0.486 e. The molecule has 2 aromatic carbocycles. The number of benzene rings is 2. The van der Waals surface area contributed by atoms with Gasteiger partial charge < -0.3 is 20.1 Å². The number of carbonyl (C=O) groups excluding carboxylic acids is 1. The minimum absolute atomic E-state index is 0.308. The van der Waals surface area contributed by atoms with Gasteiger partial charge in [0.2, 0.25) is 0 Å². The van der Waals surface area contributed by atoms with E-state index in [0.717, 1.165) is 29.0 Å². The monoisotopic (exact) mass is 420 g/mol. The van der Waals surface area contributed by atoms with Crippen LogP contribution in [0.1, 0.15) is 42.1 Å². The highest BCUT2D eigenvalue weighted by Crippen LogP contribution is 2.45. The van der Waals surface area contributed by atoms with Crippen molar-refractivity contribution in [1.82, 2.24) is 4.90 Å². The largest absolute Gasteiger partial charge is 0.486 e. The molecular formula is C22H23F3N2O3. The Morgan fingerprint density at radius 1 is 1.17 bits per heavy atom. The number of alkyl halides is 3. The van der Waals surface area contributed by atoms with Gasteiger partial charge in [0.05, 0.1) is 11.7 Å². The number of urea groups is 1. The number of aryl methyl sites for hydroxylation is 1. The molecule has 2 aliphatic rings. The molecule has 2 aromatic rings. The summed E-state index contributed by atoms with van der Waals surface area (Å²) in [6.07, 6.45) is -3.42. The van der Waals surface area contributed by atoms with Gasteiger partial charge >= 0.3 is 12.2 Å². The number of likely N-dealkylation sites (tertiary alicyclic amines) is 1. The number of aliphatic hydroxyl groups is 1. The van der Waals surface area contributed by atoms with E-state index in [1.165, 1.54) is 12.1 Å². The third-order valence-corrected chi connectivity index (χ3v) is 5.91. The van der Waals surface area contributed by atoms with Crippen LogP contribution in [0, 0.1) is 6.92 Å². The maximum Gasteiger partial charge on any atom is 0.416 e. The van der Waals surface area contributed by atoms with Gasteiger partial charge in [-0.05, 0) is 36.8 Å². The van der Waals surface area contributed by atoms with E-state index < -0.39 is 23.4 Å². The Balaban J connectivity index is 1.39.